The van der Waals surface area contributed by atoms with E-state index in [2.05, 4.69) is 15.1 Å². The highest BCUT2D eigenvalue weighted by atomic mass is 19.4. The monoisotopic (exact) mass is 377 g/mol. The molecule has 142 valence electrons. The van der Waals surface area contributed by atoms with E-state index in [-0.39, 0.29) is 11.2 Å². The van der Waals surface area contributed by atoms with Gasteiger partial charge in [-0.3, -0.25) is 9.78 Å². The summed E-state index contributed by atoms with van der Waals surface area (Å²) in [4.78, 5) is 21.6. The maximum atomic E-state index is 13.0. The molecule has 1 saturated heterocycles. The van der Waals surface area contributed by atoms with Crippen LogP contribution in [0.3, 0.4) is 0 Å². The highest BCUT2D eigenvalue weighted by Crippen LogP contribution is 2.33. The van der Waals surface area contributed by atoms with Crippen molar-refractivity contribution >= 4 is 17.0 Å². The molecule has 3 heterocycles. The SMILES string of the molecule is Cc1cc(C(F)(F)F)cc(C)c1-n1cc2c(=O)[nH]c(N3CCCC3)nc2n1. The van der Waals surface area contributed by atoms with E-state index in [0.29, 0.717) is 28.1 Å². The first-order chi connectivity index (χ1) is 12.7. The first kappa shape index (κ1) is 17.6. The molecule has 0 spiro atoms. The Morgan fingerprint density at radius 2 is 1.74 bits per heavy atom. The number of H-pyrrole nitrogens is 1. The van der Waals surface area contributed by atoms with Crippen LogP contribution in [0.25, 0.3) is 16.7 Å². The first-order valence-corrected chi connectivity index (χ1v) is 8.67. The van der Waals surface area contributed by atoms with Crippen LogP contribution in [0.4, 0.5) is 19.1 Å². The van der Waals surface area contributed by atoms with Crippen molar-refractivity contribution in [2.75, 3.05) is 18.0 Å². The van der Waals surface area contributed by atoms with Crippen molar-refractivity contribution in [1.29, 1.82) is 0 Å². The van der Waals surface area contributed by atoms with Crippen molar-refractivity contribution in [2.45, 2.75) is 32.9 Å². The van der Waals surface area contributed by atoms with Crippen molar-refractivity contribution in [3.63, 3.8) is 0 Å². The summed E-state index contributed by atoms with van der Waals surface area (Å²) in [7, 11) is 0. The summed E-state index contributed by atoms with van der Waals surface area (Å²) in [5.74, 6) is 0.483. The third-order valence-corrected chi connectivity index (χ3v) is 4.83. The van der Waals surface area contributed by atoms with Crippen LogP contribution in [0.2, 0.25) is 0 Å². The molecule has 9 heteroatoms. The van der Waals surface area contributed by atoms with Crippen molar-refractivity contribution in [2.24, 2.45) is 0 Å². The van der Waals surface area contributed by atoms with E-state index < -0.39 is 11.7 Å². The molecule has 0 bridgehead atoms. The predicted molar refractivity (Wildman–Crippen MR) is 95.4 cm³/mol. The lowest BCUT2D eigenvalue weighted by atomic mass is 10.0. The largest absolute Gasteiger partial charge is 0.416 e. The van der Waals surface area contributed by atoms with Crippen LogP contribution in [0.1, 0.15) is 29.5 Å². The van der Waals surface area contributed by atoms with Gasteiger partial charge in [-0.2, -0.15) is 18.2 Å². The van der Waals surface area contributed by atoms with Crippen LogP contribution in [0.5, 0.6) is 0 Å². The Hall–Kier alpha value is -2.84. The van der Waals surface area contributed by atoms with Gasteiger partial charge in [-0.15, -0.1) is 5.10 Å². The van der Waals surface area contributed by atoms with Gasteiger partial charge in [-0.1, -0.05) is 0 Å². The Balaban J connectivity index is 1.83. The third kappa shape index (κ3) is 3.07. The second kappa shape index (κ2) is 6.11. The molecule has 0 aliphatic carbocycles. The minimum Gasteiger partial charge on any atom is -0.342 e. The van der Waals surface area contributed by atoms with Gasteiger partial charge in [-0.05, 0) is 49.9 Å². The van der Waals surface area contributed by atoms with Crippen molar-refractivity contribution in [3.8, 4) is 5.69 Å². The molecule has 1 fully saturated rings. The van der Waals surface area contributed by atoms with Crippen LogP contribution >= 0.6 is 0 Å². The molecule has 0 saturated carbocycles. The molecule has 4 rings (SSSR count). The second-order valence-electron chi connectivity index (χ2n) is 6.85. The lowest BCUT2D eigenvalue weighted by Gasteiger charge is -2.14. The van der Waals surface area contributed by atoms with Crippen LogP contribution < -0.4 is 10.5 Å². The average molecular weight is 377 g/mol. The molecule has 0 unspecified atom stereocenters. The zero-order chi connectivity index (χ0) is 19.3. The summed E-state index contributed by atoms with van der Waals surface area (Å²) in [6.07, 6.45) is -0.815. The number of aromatic nitrogens is 4. The Labute approximate surface area is 152 Å². The van der Waals surface area contributed by atoms with Gasteiger partial charge < -0.3 is 4.90 Å². The predicted octanol–water partition coefficient (Wildman–Crippen LogP) is 3.34. The Bertz CT molecular complexity index is 1050. The molecule has 1 aliphatic rings. The molecular weight excluding hydrogens is 359 g/mol. The van der Waals surface area contributed by atoms with E-state index >= 15 is 0 Å². The fraction of sp³-hybridized carbons (Fsp3) is 0.389. The molecule has 0 radical (unpaired) electrons. The minimum absolute atomic E-state index is 0.277. The van der Waals surface area contributed by atoms with E-state index in [9.17, 15) is 18.0 Å². The normalized spacial score (nSPS) is 15.1. The summed E-state index contributed by atoms with van der Waals surface area (Å²) >= 11 is 0. The molecule has 27 heavy (non-hydrogen) atoms. The average Bonchev–Trinajstić information content (AvgIpc) is 3.22. The van der Waals surface area contributed by atoms with Gasteiger partial charge in [0.15, 0.2) is 5.65 Å². The molecule has 2 aromatic heterocycles. The minimum atomic E-state index is -4.41. The lowest BCUT2D eigenvalue weighted by molar-refractivity contribution is -0.137. The van der Waals surface area contributed by atoms with Gasteiger partial charge in [0.25, 0.3) is 5.56 Å². The summed E-state index contributed by atoms with van der Waals surface area (Å²) in [6.45, 7) is 4.84. The van der Waals surface area contributed by atoms with E-state index in [4.69, 9.17) is 0 Å². The van der Waals surface area contributed by atoms with E-state index in [1.54, 1.807) is 13.8 Å². The maximum absolute atomic E-state index is 13.0. The van der Waals surface area contributed by atoms with E-state index in [1.165, 1.54) is 10.9 Å². The van der Waals surface area contributed by atoms with Crippen LogP contribution in [0.15, 0.2) is 23.1 Å². The highest BCUT2D eigenvalue weighted by molar-refractivity contribution is 5.75. The molecular formula is C18H18F3N5O. The van der Waals surface area contributed by atoms with Gasteiger partial charge >= 0.3 is 6.18 Å². The fourth-order valence-corrected chi connectivity index (χ4v) is 3.58. The van der Waals surface area contributed by atoms with Gasteiger partial charge in [-0.25, -0.2) is 4.68 Å². The highest BCUT2D eigenvalue weighted by Gasteiger charge is 2.31. The molecule has 0 atom stereocenters. The number of benzene rings is 1. The number of fused-ring (bicyclic) bond motifs is 1. The van der Waals surface area contributed by atoms with Gasteiger partial charge in [0.1, 0.15) is 5.39 Å². The number of hydrogen-bond donors (Lipinski definition) is 1. The summed E-state index contributed by atoms with van der Waals surface area (Å²) in [6, 6.07) is 2.17. The quantitative estimate of drug-likeness (QED) is 0.744. The lowest BCUT2D eigenvalue weighted by Crippen LogP contribution is -2.23. The van der Waals surface area contributed by atoms with Gasteiger partial charge in [0, 0.05) is 19.3 Å². The first-order valence-electron chi connectivity index (χ1n) is 8.67. The third-order valence-electron chi connectivity index (χ3n) is 4.83. The molecule has 1 N–H and O–H groups in total. The number of aryl methyl sites for hydroxylation is 2. The van der Waals surface area contributed by atoms with Crippen molar-refractivity contribution in [3.05, 3.63) is 45.4 Å². The smallest absolute Gasteiger partial charge is 0.342 e. The maximum Gasteiger partial charge on any atom is 0.416 e. The second-order valence-corrected chi connectivity index (χ2v) is 6.85. The molecule has 6 nitrogen and oxygen atoms in total. The van der Waals surface area contributed by atoms with Crippen LogP contribution in [-0.4, -0.2) is 32.8 Å². The summed E-state index contributed by atoms with van der Waals surface area (Å²) in [5, 5.41) is 4.67. The zero-order valence-electron chi connectivity index (χ0n) is 14.9. The number of nitrogens with zero attached hydrogens (tertiary/aromatic N) is 4. The summed E-state index contributed by atoms with van der Waals surface area (Å²) < 4.78 is 40.5. The Morgan fingerprint density at radius 3 is 2.33 bits per heavy atom. The topological polar surface area (TPSA) is 66.8 Å². The number of aromatic amines is 1. The van der Waals surface area contributed by atoms with Crippen LogP contribution in [0, 0.1) is 13.8 Å². The number of hydrogen-bond acceptors (Lipinski definition) is 4. The van der Waals surface area contributed by atoms with Crippen molar-refractivity contribution < 1.29 is 13.2 Å². The number of alkyl halides is 3. The van der Waals surface area contributed by atoms with E-state index in [1.807, 2.05) is 4.90 Å². The fourth-order valence-electron chi connectivity index (χ4n) is 3.58. The molecule has 1 aromatic carbocycles. The van der Waals surface area contributed by atoms with E-state index in [0.717, 1.165) is 38.1 Å². The number of rotatable bonds is 2. The Morgan fingerprint density at radius 1 is 1.11 bits per heavy atom. The molecule has 0 amide bonds. The molecule has 3 aromatic rings. The van der Waals surface area contributed by atoms with Crippen molar-refractivity contribution in [1.82, 2.24) is 19.7 Å². The zero-order valence-corrected chi connectivity index (χ0v) is 14.9. The summed E-state index contributed by atoms with van der Waals surface area (Å²) in [5.41, 5.74) is 0.626. The Kier molecular flexibility index (Phi) is 3.97. The number of halogens is 3. The standard InChI is InChI=1S/C18H18F3N5O/c1-10-7-12(18(19,20)21)8-11(2)14(10)26-9-13-15(24-26)22-17(23-16(13)27)25-5-3-4-6-25/h7-9H,3-6H2,1-2H3,(H,22,23,24,27). The van der Waals surface area contributed by atoms with Crippen LogP contribution in [-0.2, 0) is 6.18 Å². The van der Waals surface area contributed by atoms with Gasteiger partial charge in [0.2, 0.25) is 5.95 Å². The molecule has 1 aliphatic heterocycles. The van der Waals surface area contributed by atoms with Gasteiger partial charge in [0.05, 0.1) is 11.3 Å². The number of anilines is 1. The number of nitrogens with one attached hydrogen (secondary N) is 1.